The lowest BCUT2D eigenvalue weighted by molar-refractivity contribution is -0.129. The smallest absolute Gasteiger partial charge is 0.363 e. The molecule has 24 heavy (non-hydrogen) atoms. The highest BCUT2D eigenvalue weighted by Crippen LogP contribution is 2.19. The van der Waals surface area contributed by atoms with E-state index in [1.165, 1.54) is 0 Å². The topological polar surface area (TPSA) is 47.9 Å². The summed E-state index contributed by atoms with van der Waals surface area (Å²) >= 11 is 5.93. The number of hydrogen-bond donors (Lipinski definition) is 0. The van der Waals surface area contributed by atoms with Gasteiger partial charge in [-0.2, -0.15) is 0 Å². The van der Waals surface area contributed by atoms with Crippen LogP contribution in [0.1, 0.15) is 11.1 Å². The average molecular weight is 340 g/mol. The number of aliphatic imine (C=N–C) groups is 1. The minimum Gasteiger partial charge on any atom is -0.497 e. The highest BCUT2D eigenvalue weighted by molar-refractivity contribution is 6.30. The summed E-state index contributed by atoms with van der Waals surface area (Å²) in [5.74, 6) is 0.553. The van der Waals surface area contributed by atoms with E-state index in [1.807, 2.05) is 42.5 Å². The number of rotatable bonds is 4. The fourth-order valence-corrected chi connectivity index (χ4v) is 2.33. The van der Waals surface area contributed by atoms with E-state index in [4.69, 9.17) is 21.1 Å². The van der Waals surface area contributed by atoms with Gasteiger partial charge in [-0.15, -0.1) is 0 Å². The monoisotopic (exact) mass is 339 g/mol. The molecule has 1 aliphatic heterocycles. The van der Waals surface area contributed by atoms with Gasteiger partial charge in [-0.1, -0.05) is 35.9 Å². The van der Waals surface area contributed by atoms with Gasteiger partial charge in [-0.25, -0.2) is 9.79 Å². The second-order valence-corrected chi connectivity index (χ2v) is 5.47. The molecule has 0 spiro atoms. The molecule has 0 fully saturated rings. The van der Waals surface area contributed by atoms with Crippen molar-refractivity contribution in [3.8, 4) is 5.75 Å². The van der Waals surface area contributed by atoms with E-state index in [-0.39, 0.29) is 11.6 Å². The summed E-state index contributed by atoms with van der Waals surface area (Å²) in [5.41, 5.74) is 1.98. The first kappa shape index (κ1) is 16.0. The predicted molar refractivity (Wildman–Crippen MR) is 95.0 cm³/mol. The molecule has 3 rings (SSSR count). The second-order valence-electron chi connectivity index (χ2n) is 5.03. The van der Waals surface area contributed by atoms with Crippen LogP contribution in [-0.2, 0) is 9.53 Å². The molecule has 0 saturated carbocycles. The van der Waals surface area contributed by atoms with Crippen molar-refractivity contribution >= 4 is 35.6 Å². The maximum absolute atomic E-state index is 11.9. The molecule has 0 aromatic heterocycles. The zero-order chi connectivity index (χ0) is 16.9. The first-order valence-corrected chi connectivity index (χ1v) is 7.62. The zero-order valence-electron chi connectivity index (χ0n) is 12.9. The van der Waals surface area contributed by atoms with E-state index in [2.05, 4.69) is 4.99 Å². The third kappa shape index (κ3) is 3.91. The van der Waals surface area contributed by atoms with Gasteiger partial charge in [0.1, 0.15) is 5.75 Å². The predicted octanol–water partition coefficient (Wildman–Crippen LogP) is 4.36. The van der Waals surface area contributed by atoms with Crippen molar-refractivity contribution in [2.45, 2.75) is 0 Å². The fraction of sp³-hybridized carbons (Fsp3) is 0.0526. The number of carbonyl (C=O) groups is 1. The van der Waals surface area contributed by atoms with Gasteiger partial charge in [0.25, 0.3) is 0 Å². The zero-order valence-corrected chi connectivity index (χ0v) is 13.7. The lowest BCUT2D eigenvalue weighted by atomic mass is 10.2. The van der Waals surface area contributed by atoms with E-state index >= 15 is 0 Å². The molecule has 0 atom stereocenters. The largest absolute Gasteiger partial charge is 0.497 e. The average Bonchev–Trinajstić information content (AvgIpc) is 2.93. The minimum atomic E-state index is -0.482. The van der Waals surface area contributed by atoms with E-state index in [9.17, 15) is 4.79 Å². The Labute approximate surface area is 144 Å². The second kappa shape index (κ2) is 7.15. The summed E-state index contributed by atoms with van der Waals surface area (Å²) in [7, 11) is 1.62. The Balaban J connectivity index is 1.77. The van der Waals surface area contributed by atoms with Gasteiger partial charge in [0.05, 0.1) is 7.11 Å². The summed E-state index contributed by atoms with van der Waals surface area (Å²) in [6.07, 6.45) is 5.11. The molecule has 1 heterocycles. The van der Waals surface area contributed by atoms with E-state index < -0.39 is 5.97 Å². The minimum absolute atomic E-state index is 0.242. The number of halogens is 1. The number of hydrogen-bond acceptors (Lipinski definition) is 4. The Kier molecular flexibility index (Phi) is 4.77. The number of carbonyl (C=O) groups excluding carboxylic acids is 1. The normalized spacial score (nSPS) is 15.7. The molecule has 0 N–H and O–H groups in total. The molecule has 0 bridgehead atoms. The number of ether oxygens (including phenoxy) is 2. The van der Waals surface area contributed by atoms with Crippen LogP contribution in [0.15, 0.2) is 65.3 Å². The molecule has 0 amide bonds. The highest BCUT2D eigenvalue weighted by atomic mass is 35.5. The molecular formula is C19H14ClNO3. The number of esters is 1. The summed E-state index contributed by atoms with van der Waals surface area (Å²) in [6, 6.07) is 14.7. The van der Waals surface area contributed by atoms with Gasteiger partial charge >= 0.3 is 5.97 Å². The maximum atomic E-state index is 11.9. The van der Waals surface area contributed by atoms with Crippen molar-refractivity contribution in [2.24, 2.45) is 4.99 Å². The molecular weight excluding hydrogens is 326 g/mol. The maximum Gasteiger partial charge on any atom is 0.363 e. The van der Waals surface area contributed by atoms with Crippen LogP contribution in [0.5, 0.6) is 5.75 Å². The van der Waals surface area contributed by atoms with Crippen LogP contribution < -0.4 is 4.74 Å². The van der Waals surface area contributed by atoms with Crippen molar-refractivity contribution in [2.75, 3.05) is 7.11 Å². The lowest BCUT2D eigenvalue weighted by Crippen LogP contribution is -2.01. The van der Waals surface area contributed by atoms with Crippen LogP contribution in [0.3, 0.4) is 0 Å². The number of nitrogens with zero attached hydrogens (tertiary/aromatic N) is 1. The molecule has 2 aromatic rings. The van der Waals surface area contributed by atoms with Crippen molar-refractivity contribution in [3.63, 3.8) is 0 Å². The standard InChI is InChI=1S/C19H14ClNO3/c1-23-16-8-5-13(6-9-16)7-10-18-21-17(19(22)24-18)12-14-3-2-4-15(20)11-14/h2-12H,1H3/b10-7+,17-12?. The van der Waals surface area contributed by atoms with Crippen LogP contribution in [0, 0.1) is 0 Å². The van der Waals surface area contributed by atoms with Gasteiger partial charge in [0.15, 0.2) is 5.70 Å². The first-order chi connectivity index (χ1) is 11.6. The quantitative estimate of drug-likeness (QED) is 0.614. The molecule has 4 nitrogen and oxygen atoms in total. The summed E-state index contributed by atoms with van der Waals surface area (Å²) < 4.78 is 10.2. The Morgan fingerprint density at radius 1 is 1.08 bits per heavy atom. The Morgan fingerprint density at radius 3 is 2.58 bits per heavy atom. The molecule has 0 aliphatic carbocycles. The number of cyclic esters (lactones) is 1. The van der Waals surface area contributed by atoms with Crippen LogP contribution >= 0.6 is 11.6 Å². The van der Waals surface area contributed by atoms with Crippen molar-refractivity contribution in [1.82, 2.24) is 0 Å². The van der Waals surface area contributed by atoms with Crippen LogP contribution in [-0.4, -0.2) is 19.0 Å². The van der Waals surface area contributed by atoms with E-state index in [0.717, 1.165) is 16.9 Å². The van der Waals surface area contributed by atoms with Gasteiger partial charge in [-0.3, -0.25) is 0 Å². The number of methoxy groups -OCH3 is 1. The van der Waals surface area contributed by atoms with E-state index in [1.54, 1.807) is 31.4 Å². The number of benzene rings is 2. The van der Waals surface area contributed by atoms with Crippen molar-refractivity contribution in [1.29, 1.82) is 0 Å². The third-order valence-electron chi connectivity index (χ3n) is 3.32. The molecule has 0 radical (unpaired) electrons. The van der Waals surface area contributed by atoms with Crippen molar-refractivity contribution in [3.05, 3.63) is 76.5 Å². The Bertz CT molecular complexity index is 851. The summed E-state index contributed by atoms with van der Waals surface area (Å²) in [6.45, 7) is 0. The SMILES string of the molecule is COc1ccc(/C=C/C2=NC(=Cc3cccc(Cl)c3)C(=O)O2)cc1. The van der Waals surface area contributed by atoms with Crippen LogP contribution in [0.4, 0.5) is 0 Å². The van der Waals surface area contributed by atoms with Gasteiger partial charge in [0.2, 0.25) is 5.90 Å². The van der Waals surface area contributed by atoms with Crippen LogP contribution in [0.2, 0.25) is 5.02 Å². The summed E-state index contributed by atoms with van der Waals surface area (Å²) in [5, 5.41) is 0.597. The van der Waals surface area contributed by atoms with Gasteiger partial charge in [0, 0.05) is 11.1 Å². The molecule has 1 aliphatic rings. The van der Waals surface area contributed by atoms with Crippen molar-refractivity contribution < 1.29 is 14.3 Å². The summed E-state index contributed by atoms with van der Waals surface area (Å²) in [4.78, 5) is 16.1. The van der Waals surface area contributed by atoms with E-state index in [0.29, 0.717) is 5.02 Å². The first-order valence-electron chi connectivity index (χ1n) is 7.24. The molecule has 0 saturated heterocycles. The van der Waals surface area contributed by atoms with Gasteiger partial charge < -0.3 is 9.47 Å². The molecule has 120 valence electrons. The lowest BCUT2D eigenvalue weighted by Gasteiger charge is -1.98. The fourth-order valence-electron chi connectivity index (χ4n) is 2.13. The third-order valence-corrected chi connectivity index (χ3v) is 3.56. The molecule has 0 unspecified atom stereocenters. The Hall–Kier alpha value is -2.85. The van der Waals surface area contributed by atoms with Crippen LogP contribution in [0.25, 0.3) is 12.2 Å². The Morgan fingerprint density at radius 2 is 1.88 bits per heavy atom. The van der Waals surface area contributed by atoms with Gasteiger partial charge in [-0.05, 0) is 47.5 Å². The molecule has 2 aromatic carbocycles. The highest BCUT2D eigenvalue weighted by Gasteiger charge is 2.21. The molecule has 5 heteroatoms.